The van der Waals surface area contributed by atoms with Gasteiger partial charge >= 0.3 is 0 Å². The van der Waals surface area contributed by atoms with Crippen molar-refractivity contribution < 1.29 is 9.84 Å². The first-order chi connectivity index (χ1) is 3.31. The Morgan fingerprint density at radius 1 is 1.86 bits per heavy atom. The molecule has 0 spiro atoms. The molecule has 7 heavy (non-hydrogen) atoms. The lowest BCUT2D eigenvalue weighted by Crippen LogP contribution is -2.08. The average Bonchev–Trinajstić information content (AvgIpc) is 1.68. The molecular weight excluding hydrogens is 115 g/mol. The first kappa shape index (κ1) is 7.21. The van der Waals surface area contributed by atoms with Crippen LogP contribution in [0.25, 0.3) is 0 Å². The molecule has 0 aromatic rings. The highest BCUT2D eigenvalue weighted by molar-refractivity contribution is 6.17. The van der Waals surface area contributed by atoms with E-state index in [1.807, 2.05) is 0 Å². The Morgan fingerprint density at radius 3 is 2.57 bits per heavy atom. The second-order valence-corrected chi connectivity index (χ2v) is 1.55. The van der Waals surface area contributed by atoms with Gasteiger partial charge in [0.2, 0.25) is 0 Å². The molecule has 0 rings (SSSR count). The lowest BCUT2D eigenvalue weighted by Gasteiger charge is -2.02. The van der Waals surface area contributed by atoms with Crippen LogP contribution >= 0.6 is 11.6 Å². The van der Waals surface area contributed by atoms with E-state index in [0.717, 1.165) is 0 Å². The molecular formula is C4H9ClO2. The van der Waals surface area contributed by atoms with E-state index in [1.165, 1.54) is 7.11 Å². The summed E-state index contributed by atoms with van der Waals surface area (Å²) in [7, 11) is 1.44. The Labute approximate surface area is 48.0 Å². The van der Waals surface area contributed by atoms with Crippen molar-refractivity contribution in [1.82, 2.24) is 0 Å². The molecule has 1 atom stereocenters. The van der Waals surface area contributed by atoms with Gasteiger partial charge < -0.3 is 9.84 Å². The largest absolute Gasteiger partial charge is 0.368 e. The van der Waals surface area contributed by atoms with Crippen molar-refractivity contribution in [2.24, 2.45) is 0 Å². The Kier molecular flexibility index (Phi) is 4.50. The minimum atomic E-state index is -0.683. The van der Waals surface area contributed by atoms with Gasteiger partial charge in [0.1, 0.15) is 0 Å². The number of rotatable bonds is 3. The van der Waals surface area contributed by atoms with Crippen LogP contribution in [0.2, 0.25) is 0 Å². The van der Waals surface area contributed by atoms with Crippen LogP contribution in [0.1, 0.15) is 6.42 Å². The van der Waals surface area contributed by atoms with Crippen molar-refractivity contribution in [2.75, 3.05) is 13.0 Å². The fraction of sp³-hybridized carbons (Fsp3) is 1.00. The molecule has 0 saturated carbocycles. The van der Waals surface area contributed by atoms with E-state index in [1.54, 1.807) is 0 Å². The van der Waals surface area contributed by atoms with Crippen LogP contribution in [-0.2, 0) is 4.74 Å². The summed E-state index contributed by atoms with van der Waals surface area (Å²) in [6.07, 6.45) is -0.185. The monoisotopic (exact) mass is 124 g/mol. The predicted molar refractivity (Wildman–Crippen MR) is 28.4 cm³/mol. The van der Waals surface area contributed by atoms with E-state index in [2.05, 4.69) is 4.74 Å². The summed E-state index contributed by atoms with van der Waals surface area (Å²) in [4.78, 5) is 0. The summed E-state index contributed by atoms with van der Waals surface area (Å²) < 4.78 is 4.46. The van der Waals surface area contributed by atoms with Gasteiger partial charge in [-0.15, -0.1) is 11.6 Å². The number of aliphatic hydroxyl groups is 1. The number of halogens is 1. The van der Waals surface area contributed by atoms with Gasteiger partial charge in [-0.3, -0.25) is 0 Å². The van der Waals surface area contributed by atoms with Crippen molar-refractivity contribution in [3.05, 3.63) is 0 Å². The summed E-state index contributed by atoms with van der Waals surface area (Å²) in [6, 6.07) is 0. The molecule has 0 radical (unpaired) electrons. The molecule has 0 bridgehead atoms. The topological polar surface area (TPSA) is 29.5 Å². The fourth-order valence-electron chi connectivity index (χ4n) is 0.211. The van der Waals surface area contributed by atoms with Crippen molar-refractivity contribution in [3.8, 4) is 0 Å². The van der Waals surface area contributed by atoms with E-state index < -0.39 is 6.29 Å². The van der Waals surface area contributed by atoms with Gasteiger partial charge in [0.25, 0.3) is 0 Å². The normalized spacial score (nSPS) is 14.1. The van der Waals surface area contributed by atoms with Crippen molar-refractivity contribution in [3.63, 3.8) is 0 Å². The molecule has 2 nitrogen and oxygen atoms in total. The van der Waals surface area contributed by atoms with Crippen LogP contribution < -0.4 is 0 Å². The Hall–Kier alpha value is 0.210. The summed E-state index contributed by atoms with van der Waals surface area (Å²) >= 11 is 5.24. The summed E-state index contributed by atoms with van der Waals surface area (Å²) in [5, 5.41) is 8.55. The average molecular weight is 125 g/mol. The van der Waals surface area contributed by atoms with Crippen LogP contribution in [0.4, 0.5) is 0 Å². The molecule has 44 valence electrons. The first-order valence-electron chi connectivity index (χ1n) is 2.08. The Bertz CT molecular complexity index is 40.7. The van der Waals surface area contributed by atoms with Gasteiger partial charge in [-0.1, -0.05) is 0 Å². The standard InChI is InChI=1S/C4H9ClO2/c1-7-4(6)2-3-5/h4,6H,2-3H2,1H3. The molecule has 0 saturated heterocycles. The van der Waals surface area contributed by atoms with Gasteiger partial charge in [-0.2, -0.15) is 0 Å². The van der Waals surface area contributed by atoms with Crippen molar-refractivity contribution in [2.45, 2.75) is 12.7 Å². The maximum atomic E-state index is 8.55. The minimum absolute atomic E-state index is 0.439. The quantitative estimate of drug-likeness (QED) is 0.441. The van der Waals surface area contributed by atoms with E-state index in [0.29, 0.717) is 12.3 Å². The minimum Gasteiger partial charge on any atom is -0.368 e. The fourth-order valence-corrected chi connectivity index (χ4v) is 0.398. The third-order valence-electron chi connectivity index (χ3n) is 0.628. The summed E-state index contributed by atoms with van der Waals surface area (Å²) in [5.74, 6) is 0.439. The predicted octanol–water partition coefficient (Wildman–Crippen LogP) is 0.580. The lowest BCUT2D eigenvalue weighted by atomic mass is 10.5. The zero-order valence-electron chi connectivity index (χ0n) is 4.22. The third-order valence-corrected chi connectivity index (χ3v) is 0.846. The number of hydrogen-bond donors (Lipinski definition) is 1. The van der Waals surface area contributed by atoms with E-state index in [4.69, 9.17) is 16.7 Å². The molecule has 0 amide bonds. The van der Waals surface area contributed by atoms with E-state index in [-0.39, 0.29) is 0 Å². The highest BCUT2D eigenvalue weighted by Gasteiger charge is 1.95. The van der Waals surface area contributed by atoms with Crippen LogP contribution in [0.3, 0.4) is 0 Å². The lowest BCUT2D eigenvalue weighted by molar-refractivity contribution is -0.0742. The SMILES string of the molecule is COC(O)CCCl. The van der Waals surface area contributed by atoms with E-state index >= 15 is 0 Å². The molecule has 0 aromatic carbocycles. The second-order valence-electron chi connectivity index (χ2n) is 1.17. The Morgan fingerprint density at radius 2 is 2.43 bits per heavy atom. The molecule has 0 aliphatic rings. The smallest absolute Gasteiger partial charge is 0.155 e. The number of methoxy groups -OCH3 is 1. The molecule has 3 heteroatoms. The van der Waals surface area contributed by atoms with Crippen LogP contribution in [0.15, 0.2) is 0 Å². The molecule has 0 aliphatic heterocycles. The van der Waals surface area contributed by atoms with E-state index in [9.17, 15) is 0 Å². The molecule has 0 heterocycles. The molecule has 1 unspecified atom stereocenters. The summed E-state index contributed by atoms with van der Waals surface area (Å²) in [6.45, 7) is 0. The highest BCUT2D eigenvalue weighted by Crippen LogP contribution is 1.92. The first-order valence-corrected chi connectivity index (χ1v) is 2.61. The molecule has 0 aliphatic carbocycles. The Balaban J connectivity index is 2.83. The van der Waals surface area contributed by atoms with Gasteiger partial charge in [0, 0.05) is 19.4 Å². The zero-order chi connectivity index (χ0) is 5.70. The third kappa shape index (κ3) is 4.05. The molecule has 0 fully saturated rings. The number of alkyl halides is 1. The van der Waals surface area contributed by atoms with Gasteiger partial charge in [0.05, 0.1) is 0 Å². The van der Waals surface area contributed by atoms with Gasteiger partial charge in [-0.05, 0) is 0 Å². The highest BCUT2D eigenvalue weighted by atomic mass is 35.5. The number of hydrogen-bond acceptors (Lipinski definition) is 2. The van der Waals surface area contributed by atoms with Crippen LogP contribution in [0, 0.1) is 0 Å². The van der Waals surface area contributed by atoms with Crippen molar-refractivity contribution in [1.29, 1.82) is 0 Å². The summed E-state index contributed by atoms with van der Waals surface area (Å²) in [5.41, 5.74) is 0. The van der Waals surface area contributed by atoms with Crippen LogP contribution in [0.5, 0.6) is 0 Å². The van der Waals surface area contributed by atoms with Crippen molar-refractivity contribution >= 4 is 11.6 Å². The van der Waals surface area contributed by atoms with Gasteiger partial charge in [-0.25, -0.2) is 0 Å². The maximum Gasteiger partial charge on any atom is 0.155 e. The van der Waals surface area contributed by atoms with Gasteiger partial charge in [0.15, 0.2) is 6.29 Å². The number of ether oxygens (including phenoxy) is 1. The maximum absolute atomic E-state index is 8.55. The van der Waals surface area contributed by atoms with Crippen LogP contribution in [-0.4, -0.2) is 24.4 Å². The number of aliphatic hydroxyl groups excluding tert-OH is 1. The second kappa shape index (κ2) is 4.37. The molecule has 1 N–H and O–H groups in total. The molecule has 0 aromatic heterocycles. The zero-order valence-corrected chi connectivity index (χ0v) is 4.98.